The van der Waals surface area contributed by atoms with Gasteiger partial charge in [0.2, 0.25) is 0 Å². The first-order chi connectivity index (χ1) is 8.09. The topological polar surface area (TPSA) is 35.9 Å². The molecule has 4 heteroatoms. The van der Waals surface area contributed by atoms with Crippen molar-refractivity contribution in [2.45, 2.75) is 39.3 Å². The molecule has 0 aliphatic carbocycles. The molecule has 1 N–H and O–H groups in total. The summed E-state index contributed by atoms with van der Waals surface area (Å²) in [6.45, 7) is 13.1. The smallest absolute Gasteiger partial charge is 0.0639 e. The zero-order valence-corrected chi connectivity index (χ0v) is 11.6. The van der Waals surface area contributed by atoms with Crippen LogP contribution in [0.1, 0.15) is 27.2 Å². The molecule has 0 bridgehead atoms. The van der Waals surface area contributed by atoms with E-state index in [0.29, 0.717) is 6.04 Å². The molecule has 0 saturated carbocycles. The zero-order chi connectivity index (χ0) is 12.7. The van der Waals surface area contributed by atoms with E-state index in [0.717, 1.165) is 45.9 Å². The first-order valence-electron chi connectivity index (χ1n) is 6.82. The number of rotatable bonds is 7. The van der Waals surface area contributed by atoms with E-state index < -0.39 is 0 Å². The number of aliphatic hydroxyl groups excluding tert-OH is 1. The van der Waals surface area contributed by atoms with Crippen LogP contribution in [0.4, 0.5) is 0 Å². The third kappa shape index (κ3) is 6.36. The molecule has 17 heavy (non-hydrogen) atoms. The quantitative estimate of drug-likeness (QED) is 0.718. The zero-order valence-electron chi connectivity index (χ0n) is 11.6. The molecule has 0 aromatic rings. The minimum Gasteiger partial charge on any atom is -0.392 e. The van der Waals surface area contributed by atoms with Crippen LogP contribution < -0.4 is 0 Å². The normalized spacial score (nSPS) is 20.1. The summed E-state index contributed by atoms with van der Waals surface area (Å²) in [5.41, 5.74) is 0. The van der Waals surface area contributed by atoms with Gasteiger partial charge >= 0.3 is 0 Å². The third-order valence-corrected chi connectivity index (χ3v) is 3.25. The highest BCUT2D eigenvalue weighted by Crippen LogP contribution is 2.04. The van der Waals surface area contributed by atoms with Crippen molar-refractivity contribution >= 4 is 0 Å². The lowest BCUT2D eigenvalue weighted by Crippen LogP contribution is -2.40. The number of hydrogen-bond donors (Lipinski definition) is 1. The summed E-state index contributed by atoms with van der Waals surface area (Å²) in [5, 5.41) is 9.45. The molecular weight excluding hydrogens is 216 g/mol. The largest absolute Gasteiger partial charge is 0.392 e. The van der Waals surface area contributed by atoms with E-state index in [1.165, 1.54) is 6.42 Å². The van der Waals surface area contributed by atoms with E-state index in [2.05, 4.69) is 23.6 Å². The summed E-state index contributed by atoms with van der Waals surface area (Å²) in [4.78, 5) is 4.81. The van der Waals surface area contributed by atoms with Gasteiger partial charge in [0.25, 0.3) is 0 Å². The molecule has 4 nitrogen and oxygen atoms in total. The molecular formula is C13H28N2O2. The van der Waals surface area contributed by atoms with Crippen LogP contribution >= 0.6 is 0 Å². The van der Waals surface area contributed by atoms with Crippen molar-refractivity contribution < 1.29 is 9.84 Å². The summed E-state index contributed by atoms with van der Waals surface area (Å²) in [5.74, 6) is 0. The van der Waals surface area contributed by atoms with Gasteiger partial charge in [0.1, 0.15) is 0 Å². The van der Waals surface area contributed by atoms with Crippen LogP contribution in [0.15, 0.2) is 0 Å². The molecule has 1 fully saturated rings. The predicted octanol–water partition coefficient (Wildman–Crippen LogP) is 0.800. The number of aliphatic hydroxyl groups is 1. The van der Waals surface area contributed by atoms with Gasteiger partial charge in [0.15, 0.2) is 0 Å². The second kappa shape index (κ2) is 8.03. The molecule has 0 aromatic heterocycles. The van der Waals surface area contributed by atoms with Crippen LogP contribution in [0.5, 0.6) is 0 Å². The Balaban J connectivity index is 2.17. The predicted molar refractivity (Wildman–Crippen MR) is 70.3 cm³/mol. The molecule has 1 atom stereocenters. The highest BCUT2D eigenvalue weighted by Gasteiger charge is 2.13. The molecule has 1 rings (SSSR count). The molecule has 0 aromatic carbocycles. The Morgan fingerprint density at radius 1 is 1.24 bits per heavy atom. The van der Waals surface area contributed by atoms with Crippen LogP contribution in [0.25, 0.3) is 0 Å². The molecule has 0 amide bonds. The Hall–Kier alpha value is -0.160. The average Bonchev–Trinajstić information content (AvgIpc) is 2.28. The molecule has 0 radical (unpaired) electrons. The maximum absolute atomic E-state index is 9.45. The molecule has 1 aliphatic rings. The molecule has 102 valence electrons. The molecule has 1 saturated heterocycles. The summed E-state index contributed by atoms with van der Waals surface area (Å²) >= 11 is 0. The van der Waals surface area contributed by atoms with Gasteiger partial charge in [0.05, 0.1) is 19.3 Å². The first kappa shape index (κ1) is 14.9. The minimum atomic E-state index is -0.235. The van der Waals surface area contributed by atoms with Gasteiger partial charge in [0, 0.05) is 25.7 Å². The fourth-order valence-electron chi connectivity index (χ4n) is 2.22. The monoisotopic (exact) mass is 244 g/mol. The first-order valence-corrected chi connectivity index (χ1v) is 6.82. The lowest BCUT2D eigenvalue weighted by atomic mass is 10.2. The van der Waals surface area contributed by atoms with Crippen molar-refractivity contribution in [3.05, 3.63) is 0 Å². The van der Waals surface area contributed by atoms with Crippen molar-refractivity contribution in [3.63, 3.8) is 0 Å². The van der Waals surface area contributed by atoms with E-state index in [9.17, 15) is 5.11 Å². The second-order valence-corrected chi connectivity index (χ2v) is 5.25. The molecule has 1 aliphatic heterocycles. The maximum Gasteiger partial charge on any atom is 0.0639 e. The molecule has 1 unspecified atom stereocenters. The Morgan fingerprint density at radius 3 is 2.41 bits per heavy atom. The maximum atomic E-state index is 9.45. The average molecular weight is 244 g/mol. The van der Waals surface area contributed by atoms with E-state index in [1.54, 1.807) is 0 Å². The lowest BCUT2D eigenvalue weighted by Gasteiger charge is -2.30. The summed E-state index contributed by atoms with van der Waals surface area (Å²) in [7, 11) is 0. The number of nitrogens with zero attached hydrogens (tertiary/aromatic N) is 2. The van der Waals surface area contributed by atoms with Crippen molar-refractivity contribution in [1.82, 2.24) is 9.80 Å². The summed E-state index contributed by atoms with van der Waals surface area (Å²) in [6.07, 6.45) is 0.936. The van der Waals surface area contributed by atoms with E-state index in [-0.39, 0.29) is 6.10 Å². The van der Waals surface area contributed by atoms with Crippen molar-refractivity contribution in [1.29, 1.82) is 0 Å². The van der Waals surface area contributed by atoms with Gasteiger partial charge in [-0.3, -0.25) is 9.80 Å². The van der Waals surface area contributed by atoms with E-state index in [4.69, 9.17) is 4.74 Å². The number of ether oxygens (including phenoxy) is 1. The highest BCUT2D eigenvalue weighted by molar-refractivity contribution is 4.68. The fourth-order valence-corrected chi connectivity index (χ4v) is 2.22. The number of morpholine rings is 1. The Morgan fingerprint density at radius 2 is 1.88 bits per heavy atom. The fraction of sp³-hybridized carbons (Fsp3) is 1.00. The standard InChI is InChI=1S/C13H28N2O2/c1-12(2)15(11-13(3)16)6-4-5-14-7-9-17-10-8-14/h12-13,16H,4-11H2,1-3H3. The van der Waals surface area contributed by atoms with E-state index >= 15 is 0 Å². The van der Waals surface area contributed by atoms with Gasteiger partial charge in [-0.25, -0.2) is 0 Å². The van der Waals surface area contributed by atoms with Crippen molar-refractivity contribution in [2.75, 3.05) is 45.9 Å². The van der Waals surface area contributed by atoms with E-state index in [1.807, 2.05) is 6.92 Å². The Labute approximate surface area is 106 Å². The van der Waals surface area contributed by atoms with Crippen LogP contribution in [-0.4, -0.2) is 73.0 Å². The molecule has 1 heterocycles. The van der Waals surface area contributed by atoms with Gasteiger partial charge in [-0.1, -0.05) is 0 Å². The number of hydrogen-bond acceptors (Lipinski definition) is 4. The SMILES string of the molecule is CC(O)CN(CCCN1CCOCC1)C(C)C. The molecule has 0 spiro atoms. The van der Waals surface area contributed by atoms with Crippen LogP contribution in [-0.2, 0) is 4.74 Å². The third-order valence-electron chi connectivity index (χ3n) is 3.25. The Bertz CT molecular complexity index is 192. The van der Waals surface area contributed by atoms with Crippen molar-refractivity contribution in [2.24, 2.45) is 0 Å². The minimum absolute atomic E-state index is 0.235. The van der Waals surface area contributed by atoms with Crippen LogP contribution in [0, 0.1) is 0 Å². The second-order valence-electron chi connectivity index (χ2n) is 5.25. The Kier molecular flexibility index (Phi) is 7.04. The highest BCUT2D eigenvalue weighted by atomic mass is 16.5. The van der Waals surface area contributed by atoms with Gasteiger partial charge in [-0.2, -0.15) is 0 Å². The lowest BCUT2D eigenvalue weighted by molar-refractivity contribution is 0.0344. The van der Waals surface area contributed by atoms with Crippen molar-refractivity contribution in [3.8, 4) is 0 Å². The van der Waals surface area contributed by atoms with Gasteiger partial charge in [-0.15, -0.1) is 0 Å². The van der Waals surface area contributed by atoms with Gasteiger partial charge in [-0.05, 0) is 40.3 Å². The van der Waals surface area contributed by atoms with Crippen LogP contribution in [0.2, 0.25) is 0 Å². The summed E-state index contributed by atoms with van der Waals surface area (Å²) in [6, 6.07) is 0.509. The summed E-state index contributed by atoms with van der Waals surface area (Å²) < 4.78 is 5.33. The van der Waals surface area contributed by atoms with Crippen LogP contribution in [0.3, 0.4) is 0 Å². The van der Waals surface area contributed by atoms with Gasteiger partial charge < -0.3 is 9.84 Å².